The number of urea groups is 1. The number of nitrogens with one attached hydrogen (secondary N) is 2. The highest BCUT2D eigenvalue weighted by Crippen LogP contribution is 1.93. The molecule has 0 rings (SSSR count). The van der Waals surface area contributed by atoms with Crippen molar-refractivity contribution in [1.82, 2.24) is 15.5 Å². The van der Waals surface area contributed by atoms with Crippen LogP contribution in [0.25, 0.3) is 0 Å². The summed E-state index contributed by atoms with van der Waals surface area (Å²) in [6, 6.07) is -1.78. The summed E-state index contributed by atoms with van der Waals surface area (Å²) in [6.45, 7) is 4.97. The molecular formula is C11H21N3O5. The molecule has 0 aliphatic carbocycles. The van der Waals surface area contributed by atoms with E-state index >= 15 is 0 Å². The third-order valence-corrected chi connectivity index (χ3v) is 2.61. The van der Waals surface area contributed by atoms with Gasteiger partial charge in [-0.15, -0.1) is 0 Å². The molecule has 0 radical (unpaired) electrons. The van der Waals surface area contributed by atoms with E-state index in [1.807, 2.05) is 25.8 Å². The van der Waals surface area contributed by atoms with Crippen molar-refractivity contribution in [2.75, 3.05) is 20.1 Å². The van der Waals surface area contributed by atoms with Crippen LogP contribution in [0, 0.1) is 0 Å². The molecule has 110 valence electrons. The average molecular weight is 275 g/mol. The van der Waals surface area contributed by atoms with Crippen molar-refractivity contribution in [2.45, 2.75) is 32.4 Å². The minimum atomic E-state index is -1.43. The molecule has 8 nitrogen and oxygen atoms in total. The maximum absolute atomic E-state index is 11.4. The number of likely N-dealkylation sites (N-methyl/N-ethyl adjacent to an activating group) is 1. The van der Waals surface area contributed by atoms with Gasteiger partial charge in [0, 0.05) is 19.1 Å². The number of rotatable bonds is 8. The van der Waals surface area contributed by atoms with Crippen molar-refractivity contribution >= 4 is 18.0 Å². The Morgan fingerprint density at radius 1 is 1.21 bits per heavy atom. The molecule has 0 aliphatic rings. The predicted octanol–water partition coefficient (Wildman–Crippen LogP) is -0.446. The van der Waals surface area contributed by atoms with Crippen molar-refractivity contribution in [3.8, 4) is 0 Å². The second kappa shape index (κ2) is 8.30. The highest BCUT2D eigenvalue weighted by Gasteiger charge is 2.22. The molecule has 0 saturated heterocycles. The first-order chi connectivity index (χ1) is 8.73. The minimum absolute atomic E-state index is 0.337. The number of carboxylic acid groups (broad SMARTS) is 2. The first-order valence-corrected chi connectivity index (χ1v) is 5.93. The summed E-state index contributed by atoms with van der Waals surface area (Å²) in [5.41, 5.74) is 0. The fourth-order valence-electron chi connectivity index (χ4n) is 1.19. The first-order valence-electron chi connectivity index (χ1n) is 5.93. The van der Waals surface area contributed by atoms with Gasteiger partial charge in [-0.3, -0.25) is 4.79 Å². The number of hydrogen-bond donors (Lipinski definition) is 4. The van der Waals surface area contributed by atoms with Crippen LogP contribution < -0.4 is 10.6 Å². The van der Waals surface area contributed by atoms with Crippen LogP contribution in [0.15, 0.2) is 0 Å². The molecule has 0 aromatic rings. The van der Waals surface area contributed by atoms with E-state index in [1.165, 1.54) is 0 Å². The number of amides is 2. The fraction of sp³-hybridized carbons (Fsp3) is 0.727. The van der Waals surface area contributed by atoms with Gasteiger partial charge in [-0.05, 0) is 20.9 Å². The lowest BCUT2D eigenvalue weighted by Gasteiger charge is -2.21. The Bertz CT molecular complexity index is 332. The molecular weight excluding hydrogens is 254 g/mol. The summed E-state index contributed by atoms with van der Waals surface area (Å²) in [6.07, 6.45) is -0.658. The molecule has 0 aromatic heterocycles. The molecule has 0 spiro atoms. The lowest BCUT2D eigenvalue weighted by atomic mass is 10.2. The zero-order chi connectivity index (χ0) is 15.0. The highest BCUT2D eigenvalue weighted by molar-refractivity contribution is 5.86. The second-order valence-electron chi connectivity index (χ2n) is 4.46. The fourth-order valence-corrected chi connectivity index (χ4v) is 1.19. The predicted molar refractivity (Wildman–Crippen MR) is 68.0 cm³/mol. The Balaban J connectivity index is 4.07. The van der Waals surface area contributed by atoms with Gasteiger partial charge < -0.3 is 25.7 Å². The number of carbonyl (C=O) groups excluding carboxylic acids is 1. The Hall–Kier alpha value is -1.83. The summed E-state index contributed by atoms with van der Waals surface area (Å²) in [5, 5.41) is 21.8. The van der Waals surface area contributed by atoms with Crippen LogP contribution in [0.1, 0.15) is 20.3 Å². The van der Waals surface area contributed by atoms with E-state index in [2.05, 4.69) is 10.6 Å². The van der Waals surface area contributed by atoms with E-state index in [4.69, 9.17) is 10.2 Å². The lowest BCUT2D eigenvalue weighted by Crippen LogP contribution is -2.48. The van der Waals surface area contributed by atoms with Crippen LogP contribution in [0.3, 0.4) is 0 Å². The van der Waals surface area contributed by atoms with Gasteiger partial charge in [-0.25, -0.2) is 9.59 Å². The molecule has 1 atom stereocenters. The van der Waals surface area contributed by atoms with Gasteiger partial charge in [0.15, 0.2) is 0 Å². The minimum Gasteiger partial charge on any atom is -0.481 e. The van der Waals surface area contributed by atoms with Gasteiger partial charge in [-0.1, -0.05) is 0 Å². The summed E-state index contributed by atoms with van der Waals surface area (Å²) in [7, 11) is 1.90. The van der Waals surface area contributed by atoms with Crippen LogP contribution >= 0.6 is 0 Å². The monoisotopic (exact) mass is 275 g/mol. The average Bonchev–Trinajstić information content (AvgIpc) is 2.26. The van der Waals surface area contributed by atoms with E-state index in [1.54, 1.807) is 0 Å². The van der Waals surface area contributed by atoms with E-state index in [9.17, 15) is 14.4 Å². The standard InChI is InChI=1S/C11H21N3O5/c1-7(2)14(3)5-4-12-11(19)13-8(10(17)18)6-9(15)16/h7-8H,4-6H2,1-3H3,(H,15,16)(H,17,18)(H2,12,13,19). The van der Waals surface area contributed by atoms with E-state index in [0.29, 0.717) is 19.1 Å². The maximum Gasteiger partial charge on any atom is 0.326 e. The van der Waals surface area contributed by atoms with Gasteiger partial charge in [0.2, 0.25) is 0 Å². The van der Waals surface area contributed by atoms with Crippen molar-refractivity contribution in [2.24, 2.45) is 0 Å². The maximum atomic E-state index is 11.4. The molecule has 0 fully saturated rings. The SMILES string of the molecule is CC(C)N(C)CCNC(=O)NC(CC(=O)O)C(=O)O. The summed E-state index contributed by atoms with van der Waals surface area (Å²) < 4.78 is 0. The molecule has 4 N–H and O–H groups in total. The summed E-state index contributed by atoms with van der Waals surface area (Å²) in [5.74, 6) is -2.66. The van der Waals surface area contributed by atoms with Gasteiger partial charge >= 0.3 is 18.0 Å². The quantitative estimate of drug-likeness (QED) is 0.476. The smallest absolute Gasteiger partial charge is 0.326 e. The zero-order valence-electron chi connectivity index (χ0n) is 11.3. The number of carboxylic acids is 2. The topological polar surface area (TPSA) is 119 Å². The van der Waals surface area contributed by atoms with Crippen molar-refractivity contribution in [3.05, 3.63) is 0 Å². The lowest BCUT2D eigenvalue weighted by molar-refractivity contribution is -0.145. The van der Waals surface area contributed by atoms with Crippen LogP contribution in [-0.2, 0) is 9.59 Å². The molecule has 0 saturated carbocycles. The Morgan fingerprint density at radius 3 is 2.21 bits per heavy atom. The van der Waals surface area contributed by atoms with Crippen molar-refractivity contribution < 1.29 is 24.6 Å². The number of nitrogens with zero attached hydrogens (tertiary/aromatic N) is 1. The molecule has 8 heteroatoms. The molecule has 1 unspecified atom stereocenters. The molecule has 0 bridgehead atoms. The van der Waals surface area contributed by atoms with E-state index < -0.39 is 30.4 Å². The summed E-state index contributed by atoms with van der Waals surface area (Å²) in [4.78, 5) is 34.6. The molecule has 19 heavy (non-hydrogen) atoms. The largest absolute Gasteiger partial charge is 0.481 e. The number of carbonyl (C=O) groups is 3. The Labute approximate surface area is 111 Å². The molecule has 2 amide bonds. The third kappa shape index (κ3) is 7.98. The van der Waals surface area contributed by atoms with Crippen LogP contribution in [-0.4, -0.2) is 65.3 Å². The molecule has 0 aromatic carbocycles. The van der Waals surface area contributed by atoms with Crippen molar-refractivity contribution in [3.63, 3.8) is 0 Å². The third-order valence-electron chi connectivity index (χ3n) is 2.61. The first kappa shape index (κ1) is 17.2. The van der Waals surface area contributed by atoms with Gasteiger partial charge in [0.1, 0.15) is 6.04 Å². The highest BCUT2D eigenvalue weighted by atomic mass is 16.4. The normalized spacial score (nSPS) is 12.3. The summed E-state index contributed by atoms with van der Waals surface area (Å²) >= 11 is 0. The van der Waals surface area contributed by atoms with Crippen molar-refractivity contribution in [1.29, 1.82) is 0 Å². The van der Waals surface area contributed by atoms with E-state index in [-0.39, 0.29) is 0 Å². The van der Waals surface area contributed by atoms with E-state index in [0.717, 1.165) is 0 Å². The van der Waals surface area contributed by atoms with Gasteiger partial charge in [0.25, 0.3) is 0 Å². The molecule has 0 aliphatic heterocycles. The van der Waals surface area contributed by atoms with Crippen LogP contribution in [0.4, 0.5) is 4.79 Å². The van der Waals surface area contributed by atoms with Gasteiger partial charge in [-0.2, -0.15) is 0 Å². The second-order valence-corrected chi connectivity index (χ2v) is 4.46. The number of hydrogen-bond acceptors (Lipinski definition) is 4. The van der Waals surface area contributed by atoms with Gasteiger partial charge in [0.05, 0.1) is 6.42 Å². The zero-order valence-corrected chi connectivity index (χ0v) is 11.3. The van der Waals surface area contributed by atoms with Crippen LogP contribution in [0.2, 0.25) is 0 Å². The number of aliphatic carboxylic acids is 2. The van der Waals surface area contributed by atoms with Crippen LogP contribution in [0.5, 0.6) is 0 Å². The Kier molecular flexibility index (Phi) is 7.50. The Morgan fingerprint density at radius 2 is 1.79 bits per heavy atom. The molecule has 0 heterocycles.